The molecule has 0 fully saturated rings. The summed E-state index contributed by atoms with van der Waals surface area (Å²) >= 11 is 0. The van der Waals surface area contributed by atoms with Crippen molar-refractivity contribution in [3.63, 3.8) is 0 Å². The fourth-order valence-corrected chi connectivity index (χ4v) is 443. The maximum absolute atomic E-state index is 3.18. The van der Waals surface area contributed by atoms with Crippen LogP contribution < -0.4 is 0 Å². The standard InChI is InChI=1S/5CH4.H23P21.H19P17/c;;;;;1-12-18(13(2)3)21(19(14(4)5)15(6)7)20(16(8)9)17(10)11;1-10-15(11(2)3)17(14(8)9)16(12(4)5)13(6)7/h5*1H4;12H,1-11H2;10H,1-9H2. The molecular weight excluding hydrogens is 1240 g/mol. The molecule has 0 aromatic heterocycles. The molecule has 0 aliphatic carbocycles. The highest BCUT2D eigenvalue weighted by molar-refractivity contribution is 9.37. The zero-order valence-corrected chi connectivity index (χ0v) is 59.1. The van der Waals surface area contributed by atoms with Crippen molar-refractivity contribution in [2.75, 3.05) is 0 Å². The normalized spacial score (nSPS) is 14.4. The number of hydrogen-bond donors (Lipinski definition) is 0. The van der Waals surface area contributed by atoms with Crippen LogP contribution in [0.3, 0.4) is 0 Å². The molecular formula is C5H62P38. The van der Waals surface area contributed by atoms with E-state index >= 15 is 0 Å². The first-order valence-electron chi connectivity index (χ1n) is 8.47. The molecule has 0 bridgehead atoms. The van der Waals surface area contributed by atoms with Gasteiger partial charge in [0.2, 0.25) is 0 Å². The largest absolute Gasteiger partial charge is 0.109 e. The second-order valence-electron chi connectivity index (χ2n) is 5.60. The Kier molecular flexibility index (Phi) is 74.7. The van der Waals surface area contributed by atoms with E-state index in [4.69, 9.17) is 0 Å². The van der Waals surface area contributed by atoms with Crippen molar-refractivity contribution in [1.29, 1.82) is 0 Å². The van der Waals surface area contributed by atoms with Gasteiger partial charge in [0.1, 0.15) is 0 Å². The molecule has 0 rings (SSSR count). The van der Waals surface area contributed by atoms with E-state index in [2.05, 4.69) is 179 Å². The third-order valence-corrected chi connectivity index (χ3v) is 238. The van der Waals surface area contributed by atoms with Gasteiger partial charge in [-0.3, -0.25) is 0 Å². The van der Waals surface area contributed by atoms with E-state index in [1.165, 1.54) is 0 Å². The quantitative estimate of drug-likeness (QED) is 0.135. The SMILES string of the molecule is C.C.C.C.C.PPP(P(P)P)P(P(P(P)P)P(P)P)P(P(P)P)P(P)P.PPP(P(P)P)P(P(P)P)P(P(P)P)P(P)P. The van der Waals surface area contributed by atoms with Crippen LogP contribution in [0.25, 0.3) is 0 Å². The highest BCUT2D eigenvalue weighted by Gasteiger charge is 2.43. The molecule has 0 nitrogen and oxygen atoms in total. The van der Waals surface area contributed by atoms with Crippen LogP contribution in [0, 0.1) is 0 Å². The van der Waals surface area contributed by atoms with Crippen molar-refractivity contribution in [2.45, 2.75) is 37.1 Å². The highest BCUT2D eigenvalue weighted by atomic mass is 33.4. The van der Waals surface area contributed by atoms with Gasteiger partial charge in [0, 0.05) is 0 Å². The molecule has 38 heteroatoms. The van der Waals surface area contributed by atoms with Gasteiger partial charge in [-0.25, -0.2) is 0 Å². The number of rotatable bonds is 16. The minimum atomic E-state index is 0. The molecule has 0 N–H and O–H groups in total. The maximum Gasteiger partial charge on any atom is -0.00109 e. The fraction of sp³-hybridized carbons (Fsp3) is 1.00. The minimum absolute atomic E-state index is 0. The second kappa shape index (κ2) is 43.6. The van der Waals surface area contributed by atoms with Crippen molar-refractivity contribution in [1.82, 2.24) is 0 Å². The summed E-state index contributed by atoms with van der Waals surface area (Å²) in [6.07, 6.45) is 0. The van der Waals surface area contributed by atoms with Gasteiger partial charge in [-0.05, 0) is 112 Å². The van der Waals surface area contributed by atoms with Gasteiger partial charge in [-0.1, -0.05) is 53.0 Å². The summed E-state index contributed by atoms with van der Waals surface area (Å²) in [7, 11) is 64.9. The van der Waals surface area contributed by atoms with Crippen LogP contribution in [0.2, 0.25) is 0 Å². The first kappa shape index (κ1) is 73.7. The molecule has 25 atom stereocenters. The van der Waals surface area contributed by atoms with Crippen molar-refractivity contribution in [3.8, 4) is 0 Å². The summed E-state index contributed by atoms with van der Waals surface area (Å²) in [5, 5.41) is 0. The minimum Gasteiger partial charge on any atom is -0.109 e. The Hall–Kier alpha value is 16.3. The summed E-state index contributed by atoms with van der Waals surface area (Å²) in [5.74, 6) is 0. The van der Waals surface area contributed by atoms with E-state index in [0.29, 0.717) is 0 Å². The van der Waals surface area contributed by atoms with Crippen molar-refractivity contribution in [3.05, 3.63) is 0 Å². The average Bonchev–Trinajstić information content (AvgIpc) is 2.72. The summed E-state index contributed by atoms with van der Waals surface area (Å²) in [5.41, 5.74) is 0. The zero-order valence-electron chi connectivity index (χ0n) is 19.7. The van der Waals surface area contributed by atoms with E-state index in [1.807, 2.05) is 0 Å². The molecule has 0 saturated carbocycles. The van der Waals surface area contributed by atoms with Crippen molar-refractivity contribution in [2.24, 2.45) is 0 Å². The molecule has 272 valence electrons. The van der Waals surface area contributed by atoms with Crippen LogP contribution >= 0.6 is 306 Å². The third-order valence-electron chi connectivity index (χ3n) is 2.93. The van der Waals surface area contributed by atoms with E-state index in [-0.39, 0.29) is 149 Å². The molecule has 0 spiro atoms. The highest BCUT2D eigenvalue weighted by Crippen LogP contribution is 3.31. The first-order valence-corrected chi connectivity index (χ1v) is 76.2. The Morgan fingerprint density at radius 1 is 0.233 bits per heavy atom. The molecule has 0 aliphatic rings. The molecule has 0 amide bonds. The monoisotopic (exact) mass is 1300 g/mol. The lowest BCUT2D eigenvalue weighted by atomic mass is 12.0. The van der Waals surface area contributed by atoms with Crippen LogP contribution in [0.1, 0.15) is 37.1 Å². The molecule has 0 saturated heterocycles. The Balaban J connectivity index is -0.000000110. The van der Waals surface area contributed by atoms with Crippen LogP contribution in [-0.4, -0.2) is 0 Å². The van der Waals surface area contributed by atoms with Crippen LogP contribution in [0.15, 0.2) is 0 Å². The van der Waals surface area contributed by atoms with Crippen molar-refractivity contribution < 1.29 is 0 Å². The Labute approximate surface area is 339 Å². The number of hydrogen-bond acceptors (Lipinski definition) is 0. The van der Waals surface area contributed by atoms with Gasteiger partial charge in [0.05, 0.1) is 0 Å². The van der Waals surface area contributed by atoms with E-state index in [1.54, 1.807) is 0 Å². The zero-order chi connectivity index (χ0) is 30.7. The third kappa shape index (κ3) is 31.8. The van der Waals surface area contributed by atoms with Crippen molar-refractivity contribution >= 4 is 306 Å². The molecule has 0 aromatic carbocycles. The summed E-state index contributed by atoms with van der Waals surface area (Å²) in [4.78, 5) is 0. The molecule has 0 aromatic rings. The topological polar surface area (TPSA) is 0 Å². The average molecular weight is 1300 g/mol. The van der Waals surface area contributed by atoms with Crippen LogP contribution in [0.4, 0.5) is 0 Å². The smallest absolute Gasteiger partial charge is 0.00109 e. The summed E-state index contributed by atoms with van der Waals surface area (Å²) < 4.78 is 0. The summed E-state index contributed by atoms with van der Waals surface area (Å²) in [6, 6.07) is 0. The lowest BCUT2D eigenvalue weighted by Crippen LogP contribution is -1.57. The Morgan fingerprint density at radius 3 is 0.535 bits per heavy atom. The first-order chi connectivity index (χ1) is 17.3. The van der Waals surface area contributed by atoms with E-state index < -0.39 is 0 Å². The van der Waals surface area contributed by atoms with Gasteiger partial charge in [-0.2, -0.15) is 0 Å². The van der Waals surface area contributed by atoms with Gasteiger partial charge in [0.15, 0.2) is 0 Å². The van der Waals surface area contributed by atoms with E-state index in [9.17, 15) is 0 Å². The van der Waals surface area contributed by atoms with Gasteiger partial charge in [-0.15, -0.1) is 179 Å². The lowest BCUT2D eigenvalue weighted by molar-refractivity contribution is 2.50. The van der Waals surface area contributed by atoms with Gasteiger partial charge in [0.25, 0.3) is 0 Å². The van der Waals surface area contributed by atoms with Gasteiger partial charge < -0.3 is 0 Å². The van der Waals surface area contributed by atoms with E-state index in [0.717, 1.165) is 15.9 Å². The maximum atomic E-state index is 3.18. The van der Waals surface area contributed by atoms with Gasteiger partial charge >= 0.3 is 0 Å². The molecule has 0 heterocycles. The second-order valence-corrected chi connectivity index (χ2v) is 151. The summed E-state index contributed by atoms with van der Waals surface area (Å²) in [6.45, 7) is 1.71. The predicted octanol–water partition coefficient (Wildman–Crippen LogP) is 24.7. The van der Waals surface area contributed by atoms with Crippen LogP contribution in [-0.2, 0) is 0 Å². The predicted molar refractivity (Wildman–Crippen MR) is 355 cm³/mol. The molecule has 0 radical (unpaired) electrons. The molecule has 0 aliphatic heterocycles. The Morgan fingerprint density at radius 2 is 0.395 bits per heavy atom. The fourth-order valence-electron chi connectivity index (χ4n) is 1.82. The molecule has 25 unspecified atom stereocenters. The lowest BCUT2D eigenvalue weighted by Gasteiger charge is -2.46. The van der Waals surface area contributed by atoms with Crippen LogP contribution in [0.5, 0.6) is 0 Å². The Bertz CT molecular complexity index is 525. The molecule has 43 heavy (non-hydrogen) atoms.